The maximum atomic E-state index is 13.9. The number of furan rings is 1. The first-order valence-electron chi connectivity index (χ1n) is 9.75. The summed E-state index contributed by atoms with van der Waals surface area (Å²) < 4.78 is 19.5. The molecule has 6 nitrogen and oxygen atoms in total. The molecule has 0 spiro atoms. The van der Waals surface area contributed by atoms with Gasteiger partial charge in [0.2, 0.25) is 0 Å². The summed E-state index contributed by atoms with van der Waals surface area (Å²) in [7, 11) is 0. The van der Waals surface area contributed by atoms with Gasteiger partial charge in [0, 0.05) is 5.56 Å². The summed E-state index contributed by atoms with van der Waals surface area (Å²) in [5, 5.41) is 6.64. The number of hydrogen-bond donors (Lipinski definition) is 2. The van der Waals surface area contributed by atoms with E-state index in [-0.39, 0.29) is 11.5 Å². The fraction of sp³-hybridized carbons (Fsp3) is 0. The Labute approximate surface area is 183 Å². The topological polar surface area (TPSA) is 83.7 Å². The summed E-state index contributed by atoms with van der Waals surface area (Å²) >= 11 is 0. The van der Waals surface area contributed by atoms with Gasteiger partial charge < -0.3 is 9.73 Å². The van der Waals surface area contributed by atoms with E-state index in [4.69, 9.17) is 4.42 Å². The molecule has 0 saturated heterocycles. The molecule has 4 aromatic rings. The molecule has 0 aliphatic rings. The van der Waals surface area contributed by atoms with Crippen molar-refractivity contribution in [2.45, 2.75) is 0 Å². The molecule has 2 amide bonds. The molecule has 4 rings (SSSR count). The second-order valence-electron chi connectivity index (χ2n) is 6.75. The number of benzene rings is 3. The van der Waals surface area contributed by atoms with Crippen molar-refractivity contribution in [1.82, 2.24) is 5.43 Å². The van der Waals surface area contributed by atoms with Crippen molar-refractivity contribution < 1.29 is 18.4 Å². The third kappa shape index (κ3) is 4.79. The third-order valence-corrected chi connectivity index (χ3v) is 4.58. The van der Waals surface area contributed by atoms with Crippen LogP contribution in [0.2, 0.25) is 0 Å². The molecule has 158 valence electrons. The van der Waals surface area contributed by atoms with Crippen LogP contribution in [-0.2, 0) is 0 Å². The second kappa shape index (κ2) is 9.53. The number of carbonyl (C=O) groups is 2. The molecule has 0 fully saturated rings. The lowest BCUT2D eigenvalue weighted by atomic mass is 10.1. The van der Waals surface area contributed by atoms with E-state index < -0.39 is 11.7 Å². The minimum atomic E-state index is -0.508. The highest BCUT2D eigenvalue weighted by atomic mass is 19.1. The molecule has 0 unspecified atom stereocenters. The van der Waals surface area contributed by atoms with Crippen molar-refractivity contribution in [2.24, 2.45) is 5.10 Å². The Morgan fingerprint density at radius 3 is 2.34 bits per heavy atom. The maximum Gasteiger partial charge on any atom is 0.273 e. The van der Waals surface area contributed by atoms with Gasteiger partial charge in [-0.2, -0.15) is 5.10 Å². The first-order chi connectivity index (χ1) is 15.6. The Morgan fingerprint density at radius 2 is 1.53 bits per heavy atom. The van der Waals surface area contributed by atoms with Crippen LogP contribution in [0.1, 0.15) is 26.5 Å². The molecule has 0 saturated carbocycles. The van der Waals surface area contributed by atoms with Crippen molar-refractivity contribution in [2.75, 3.05) is 5.32 Å². The van der Waals surface area contributed by atoms with E-state index in [0.29, 0.717) is 28.3 Å². The number of carbonyl (C=O) groups excluding carboxylic acids is 2. The van der Waals surface area contributed by atoms with Crippen LogP contribution in [0.25, 0.3) is 11.3 Å². The molecule has 3 aromatic carbocycles. The average Bonchev–Trinajstić information content (AvgIpc) is 3.29. The van der Waals surface area contributed by atoms with Gasteiger partial charge in [-0.05, 0) is 48.5 Å². The minimum absolute atomic E-state index is 0.250. The van der Waals surface area contributed by atoms with E-state index in [1.807, 2.05) is 6.07 Å². The molecular formula is C25H18FN3O3. The lowest BCUT2D eigenvalue weighted by molar-refractivity contribution is 0.0956. The number of halogens is 1. The fourth-order valence-corrected chi connectivity index (χ4v) is 3.02. The molecule has 1 aromatic heterocycles. The molecule has 0 radical (unpaired) electrons. The van der Waals surface area contributed by atoms with Gasteiger partial charge in [0.15, 0.2) is 0 Å². The van der Waals surface area contributed by atoms with Crippen LogP contribution >= 0.6 is 0 Å². The van der Waals surface area contributed by atoms with Crippen LogP contribution in [0.4, 0.5) is 10.1 Å². The molecule has 0 aliphatic heterocycles. The van der Waals surface area contributed by atoms with Crippen LogP contribution < -0.4 is 10.7 Å². The van der Waals surface area contributed by atoms with Crippen LogP contribution in [0.15, 0.2) is 101 Å². The second-order valence-corrected chi connectivity index (χ2v) is 6.75. The SMILES string of the molecule is O=C(Nc1ccccc1C(=O)N/N=C/c1ccc(-c2ccccc2F)o1)c1ccccc1. The Bertz CT molecular complexity index is 1280. The fourth-order valence-electron chi connectivity index (χ4n) is 3.02. The zero-order chi connectivity index (χ0) is 22.3. The molecule has 0 aliphatic carbocycles. The lowest BCUT2D eigenvalue weighted by Crippen LogP contribution is -2.21. The van der Waals surface area contributed by atoms with Crippen molar-refractivity contribution in [3.63, 3.8) is 0 Å². The largest absolute Gasteiger partial charge is 0.455 e. The van der Waals surface area contributed by atoms with E-state index in [0.717, 1.165) is 0 Å². The summed E-state index contributed by atoms with van der Waals surface area (Å²) in [6, 6.07) is 24.8. The van der Waals surface area contributed by atoms with Gasteiger partial charge >= 0.3 is 0 Å². The van der Waals surface area contributed by atoms with Gasteiger partial charge in [-0.1, -0.05) is 42.5 Å². The van der Waals surface area contributed by atoms with Crippen LogP contribution in [0.3, 0.4) is 0 Å². The highest BCUT2D eigenvalue weighted by molar-refractivity contribution is 6.09. The average molecular weight is 427 g/mol. The predicted molar refractivity (Wildman–Crippen MR) is 120 cm³/mol. The standard InChI is InChI=1S/C25H18FN3O3/c26-21-12-6-4-10-19(21)23-15-14-18(32-23)16-27-29-25(31)20-11-5-7-13-22(20)28-24(30)17-8-2-1-3-9-17/h1-16H,(H,28,30)(H,29,31)/b27-16+. The van der Waals surface area contributed by atoms with Crippen molar-refractivity contribution >= 4 is 23.7 Å². The number of hydrazone groups is 1. The van der Waals surface area contributed by atoms with Crippen LogP contribution in [0, 0.1) is 5.82 Å². The number of hydrogen-bond acceptors (Lipinski definition) is 4. The summed E-state index contributed by atoms with van der Waals surface area (Å²) in [5.74, 6) is -0.538. The summed E-state index contributed by atoms with van der Waals surface area (Å²) in [6.45, 7) is 0. The molecule has 32 heavy (non-hydrogen) atoms. The number of nitrogens with one attached hydrogen (secondary N) is 2. The number of anilines is 1. The van der Waals surface area contributed by atoms with Crippen molar-refractivity contribution in [3.8, 4) is 11.3 Å². The Balaban J connectivity index is 1.43. The maximum absolute atomic E-state index is 13.9. The summed E-state index contributed by atoms with van der Waals surface area (Å²) in [5.41, 5.74) is 3.82. The van der Waals surface area contributed by atoms with Gasteiger partial charge in [-0.25, -0.2) is 9.82 Å². The minimum Gasteiger partial charge on any atom is -0.455 e. The summed E-state index contributed by atoms with van der Waals surface area (Å²) in [6.07, 6.45) is 1.31. The first-order valence-corrected chi connectivity index (χ1v) is 9.75. The normalized spacial score (nSPS) is 10.8. The highest BCUT2D eigenvalue weighted by Gasteiger charge is 2.14. The number of rotatable bonds is 6. The zero-order valence-corrected chi connectivity index (χ0v) is 16.8. The smallest absolute Gasteiger partial charge is 0.273 e. The van der Waals surface area contributed by atoms with Gasteiger partial charge in [0.25, 0.3) is 11.8 Å². The number of amides is 2. The molecule has 0 atom stereocenters. The quantitative estimate of drug-likeness (QED) is 0.332. The zero-order valence-electron chi connectivity index (χ0n) is 16.8. The van der Waals surface area contributed by atoms with E-state index in [1.165, 1.54) is 12.3 Å². The molecular weight excluding hydrogens is 409 g/mol. The predicted octanol–water partition coefficient (Wildman–Crippen LogP) is 5.10. The number of para-hydroxylation sites is 1. The molecule has 7 heteroatoms. The highest BCUT2D eigenvalue weighted by Crippen LogP contribution is 2.24. The van der Waals surface area contributed by atoms with E-state index in [2.05, 4.69) is 15.8 Å². The Morgan fingerprint density at radius 1 is 0.812 bits per heavy atom. The van der Waals surface area contributed by atoms with E-state index >= 15 is 0 Å². The van der Waals surface area contributed by atoms with E-state index in [1.54, 1.807) is 78.9 Å². The van der Waals surface area contributed by atoms with Gasteiger partial charge in [-0.3, -0.25) is 9.59 Å². The van der Waals surface area contributed by atoms with Gasteiger partial charge in [0.05, 0.1) is 23.0 Å². The Kier molecular flexibility index (Phi) is 6.17. The third-order valence-electron chi connectivity index (χ3n) is 4.58. The van der Waals surface area contributed by atoms with Crippen LogP contribution in [-0.4, -0.2) is 18.0 Å². The van der Waals surface area contributed by atoms with E-state index in [9.17, 15) is 14.0 Å². The van der Waals surface area contributed by atoms with Crippen molar-refractivity contribution in [3.05, 3.63) is 114 Å². The van der Waals surface area contributed by atoms with Gasteiger partial charge in [0.1, 0.15) is 17.3 Å². The Hall–Kier alpha value is -4.52. The van der Waals surface area contributed by atoms with Gasteiger partial charge in [-0.15, -0.1) is 0 Å². The molecule has 1 heterocycles. The molecule has 2 N–H and O–H groups in total. The first kappa shape index (κ1) is 20.7. The van der Waals surface area contributed by atoms with Crippen LogP contribution in [0.5, 0.6) is 0 Å². The lowest BCUT2D eigenvalue weighted by Gasteiger charge is -2.09. The van der Waals surface area contributed by atoms with Crippen molar-refractivity contribution in [1.29, 1.82) is 0 Å². The monoisotopic (exact) mass is 427 g/mol. The summed E-state index contributed by atoms with van der Waals surface area (Å²) in [4.78, 5) is 25.0. The number of nitrogens with zero attached hydrogens (tertiary/aromatic N) is 1. The molecule has 0 bridgehead atoms.